The first-order chi connectivity index (χ1) is 6.24. The highest BCUT2D eigenvalue weighted by Crippen LogP contribution is 2.16. The van der Waals surface area contributed by atoms with Gasteiger partial charge < -0.3 is 15.7 Å². The van der Waals surface area contributed by atoms with Crippen LogP contribution in [0.3, 0.4) is 0 Å². The molecule has 1 heterocycles. The summed E-state index contributed by atoms with van der Waals surface area (Å²) >= 11 is 0. The van der Waals surface area contributed by atoms with Crippen molar-refractivity contribution in [2.45, 2.75) is 19.3 Å². The predicted molar refractivity (Wildman–Crippen MR) is 65.0 cm³/mol. The highest BCUT2D eigenvalue weighted by Gasteiger charge is 2.23. The monoisotopic (exact) mass is 258 g/mol. The molecule has 0 atom stereocenters. The van der Waals surface area contributed by atoms with Crippen LogP contribution in [0.15, 0.2) is 0 Å². The third kappa shape index (κ3) is 6.20. The predicted octanol–water partition coefficient (Wildman–Crippen LogP) is 0.975. The van der Waals surface area contributed by atoms with E-state index in [9.17, 15) is 4.79 Å². The largest absolute Gasteiger partial charge is 0.481 e. The number of carboxylic acids is 1. The van der Waals surface area contributed by atoms with Crippen LogP contribution in [0.4, 0.5) is 0 Å². The lowest BCUT2D eigenvalue weighted by molar-refractivity contribution is -0.143. The zero-order chi connectivity index (χ0) is 9.68. The molecule has 0 aliphatic carbocycles. The zero-order valence-electron chi connectivity index (χ0n) is 8.72. The molecule has 15 heavy (non-hydrogen) atoms. The lowest BCUT2D eigenvalue weighted by Gasteiger charge is -2.29. The summed E-state index contributed by atoms with van der Waals surface area (Å²) in [6.07, 6.45) is 2.59. The van der Waals surface area contributed by atoms with Gasteiger partial charge in [-0.15, -0.1) is 24.8 Å². The molecule has 1 fully saturated rings. The number of nitrogens with zero attached hydrogens (tertiary/aromatic N) is 1. The summed E-state index contributed by atoms with van der Waals surface area (Å²) in [7, 11) is 0. The number of hydrogen-bond donors (Lipinski definition) is 2. The Morgan fingerprint density at radius 2 is 1.87 bits per heavy atom. The summed E-state index contributed by atoms with van der Waals surface area (Å²) in [6, 6.07) is 0. The Kier molecular flexibility index (Phi) is 10.7. The minimum atomic E-state index is -0.640. The van der Waals surface area contributed by atoms with E-state index >= 15 is 0 Å². The Bertz CT molecular complexity index is 173. The van der Waals surface area contributed by atoms with Gasteiger partial charge in [-0.2, -0.15) is 0 Å². The summed E-state index contributed by atoms with van der Waals surface area (Å²) < 4.78 is 0. The fraction of sp³-hybridized carbons (Fsp3) is 0.889. The number of nitrogens with two attached hydrogens (primary N) is 1. The van der Waals surface area contributed by atoms with Gasteiger partial charge in [0.2, 0.25) is 0 Å². The van der Waals surface area contributed by atoms with Crippen LogP contribution >= 0.6 is 24.8 Å². The highest BCUT2D eigenvalue weighted by molar-refractivity contribution is 5.85. The molecule has 1 aliphatic rings. The molecule has 92 valence electrons. The number of halogens is 2. The second-order valence-corrected chi connectivity index (χ2v) is 3.60. The third-order valence-corrected chi connectivity index (χ3v) is 2.62. The third-order valence-electron chi connectivity index (χ3n) is 2.62. The maximum atomic E-state index is 10.6. The van der Waals surface area contributed by atoms with E-state index in [1.807, 2.05) is 0 Å². The number of likely N-dealkylation sites (tertiary alicyclic amines) is 1. The SMILES string of the molecule is Cl.Cl.NCCCN1CCC(C(=O)O)CC1. The van der Waals surface area contributed by atoms with E-state index < -0.39 is 5.97 Å². The van der Waals surface area contributed by atoms with Crippen molar-refractivity contribution in [2.24, 2.45) is 11.7 Å². The zero-order valence-corrected chi connectivity index (χ0v) is 10.4. The molecule has 6 heteroatoms. The first kappa shape index (κ1) is 17.4. The molecular formula is C9H20Cl2N2O2. The van der Waals surface area contributed by atoms with Gasteiger partial charge in [-0.05, 0) is 45.4 Å². The van der Waals surface area contributed by atoms with E-state index in [1.165, 1.54) is 0 Å². The van der Waals surface area contributed by atoms with Crippen LogP contribution in [0.25, 0.3) is 0 Å². The molecule has 0 radical (unpaired) electrons. The number of rotatable bonds is 4. The first-order valence-corrected chi connectivity index (χ1v) is 4.89. The summed E-state index contributed by atoms with van der Waals surface area (Å²) in [4.78, 5) is 12.9. The average molecular weight is 259 g/mol. The van der Waals surface area contributed by atoms with Crippen LogP contribution in [-0.2, 0) is 4.79 Å². The number of hydrogen-bond acceptors (Lipinski definition) is 3. The van der Waals surface area contributed by atoms with Gasteiger partial charge >= 0.3 is 5.97 Å². The lowest BCUT2D eigenvalue weighted by Crippen LogP contribution is -2.37. The fourth-order valence-electron chi connectivity index (χ4n) is 1.72. The molecule has 1 saturated heterocycles. The van der Waals surface area contributed by atoms with Gasteiger partial charge in [0.15, 0.2) is 0 Å². The summed E-state index contributed by atoms with van der Waals surface area (Å²) in [6.45, 7) is 3.57. The van der Waals surface area contributed by atoms with E-state index in [0.717, 1.165) is 45.4 Å². The van der Waals surface area contributed by atoms with Gasteiger partial charge in [0.1, 0.15) is 0 Å². The van der Waals surface area contributed by atoms with E-state index in [2.05, 4.69) is 4.90 Å². The van der Waals surface area contributed by atoms with Gasteiger partial charge in [0.05, 0.1) is 5.92 Å². The second-order valence-electron chi connectivity index (χ2n) is 3.60. The van der Waals surface area contributed by atoms with Gasteiger partial charge in [-0.3, -0.25) is 4.79 Å². The molecule has 0 spiro atoms. The first-order valence-electron chi connectivity index (χ1n) is 4.89. The topological polar surface area (TPSA) is 66.6 Å². The van der Waals surface area contributed by atoms with Crippen molar-refractivity contribution in [1.29, 1.82) is 0 Å². The van der Waals surface area contributed by atoms with Crippen molar-refractivity contribution in [3.63, 3.8) is 0 Å². The summed E-state index contributed by atoms with van der Waals surface area (Å²) in [5, 5.41) is 8.76. The van der Waals surface area contributed by atoms with Crippen LogP contribution in [0, 0.1) is 5.92 Å². The van der Waals surface area contributed by atoms with Crippen LogP contribution < -0.4 is 5.73 Å². The van der Waals surface area contributed by atoms with E-state index in [4.69, 9.17) is 10.8 Å². The van der Waals surface area contributed by atoms with Gasteiger partial charge in [-0.25, -0.2) is 0 Å². The van der Waals surface area contributed by atoms with Crippen LogP contribution in [0.1, 0.15) is 19.3 Å². The standard InChI is InChI=1S/C9H18N2O2.2ClH/c10-4-1-5-11-6-2-8(3-7-11)9(12)13;;/h8H,1-7,10H2,(H,12,13);2*1H. The Hall–Kier alpha value is -0.0300. The van der Waals surface area contributed by atoms with Crippen LogP contribution in [-0.4, -0.2) is 42.2 Å². The van der Waals surface area contributed by atoms with Gasteiger partial charge in [0.25, 0.3) is 0 Å². The van der Waals surface area contributed by atoms with Crippen LogP contribution in [0.5, 0.6) is 0 Å². The number of aliphatic carboxylic acids is 1. The average Bonchev–Trinajstić information content (AvgIpc) is 2.15. The molecule has 0 amide bonds. The summed E-state index contributed by atoms with van der Waals surface area (Å²) in [5.74, 6) is -0.757. The molecule has 0 bridgehead atoms. The number of carboxylic acid groups (broad SMARTS) is 1. The highest BCUT2D eigenvalue weighted by atomic mass is 35.5. The molecule has 0 aromatic carbocycles. The number of piperidine rings is 1. The molecule has 0 unspecified atom stereocenters. The van der Waals surface area contributed by atoms with E-state index in [1.54, 1.807) is 0 Å². The summed E-state index contributed by atoms with van der Waals surface area (Å²) in [5.41, 5.74) is 5.40. The van der Waals surface area contributed by atoms with E-state index in [-0.39, 0.29) is 30.7 Å². The molecule has 1 aliphatic heterocycles. The van der Waals surface area contributed by atoms with Crippen LogP contribution in [0.2, 0.25) is 0 Å². The molecule has 3 N–H and O–H groups in total. The molecule has 0 aromatic heterocycles. The molecule has 0 aromatic rings. The fourth-order valence-corrected chi connectivity index (χ4v) is 1.72. The van der Waals surface area contributed by atoms with E-state index in [0.29, 0.717) is 0 Å². The lowest BCUT2D eigenvalue weighted by atomic mass is 9.97. The number of carbonyl (C=O) groups is 1. The minimum Gasteiger partial charge on any atom is -0.481 e. The maximum Gasteiger partial charge on any atom is 0.306 e. The van der Waals surface area contributed by atoms with Gasteiger partial charge in [0, 0.05) is 0 Å². The molecule has 1 rings (SSSR count). The molecule has 0 saturated carbocycles. The van der Waals surface area contributed by atoms with Crippen molar-refractivity contribution >= 4 is 30.8 Å². The van der Waals surface area contributed by atoms with Gasteiger partial charge in [-0.1, -0.05) is 0 Å². The van der Waals surface area contributed by atoms with Crippen molar-refractivity contribution in [2.75, 3.05) is 26.2 Å². The maximum absolute atomic E-state index is 10.6. The Morgan fingerprint density at radius 1 is 1.33 bits per heavy atom. The van der Waals surface area contributed by atoms with Crippen molar-refractivity contribution in [3.05, 3.63) is 0 Å². The molecule has 4 nitrogen and oxygen atoms in total. The van der Waals surface area contributed by atoms with Crippen molar-refractivity contribution < 1.29 is 9.90 Å². The Morgan fingerprint density at radius 3 is 2.27 bits per heavy atom. The molecular weight excluding hydrogens is 239 g/mol. The smallest absolute Gasteiger partial charge is 0.306 e. The Balaban J connectivity index is 0. The van der Waals surface area contributed by atoms with Crippen molar-refractivity contribution in [1.82, 2.24) is 4.90 Å². The minimum absolute atomic E-state index is 0. The normalized spacial score (nSPS) is 17.7. The Labute approximate surface area is 103 Å². The van der Waals surface area contributed by atoms with Crippen molar-refractivity contribution in [3.8, 4) is 0 Å². The quantitative estimate of drug-likeness (QED) is 0.789. The second kappa shape index (κ2) is 9.21.